The van der Waals surface area contributed by atoms with Gasteiger partial charge in [0, 0.05) is 21.7 Å². The summed E-state index contributed by atoms with van der Waals surface area (Å²) in [6, 6.07) is 11.6. The van der Waals surface area contributed by atoms with E-state index in [4.69, 9.17) is 58.0 Å². The van der Waals surface area contributed by atoms with Crippen LogP contribution < -0.4 is 10.6 Å². The summed E-state index contributed by atoms with van der Waals surface area (Å²) < 4.78 is 12.0. The molecule has 1 aliphatic carbocycles. The fourth-order valence-electron chi connectivity index (χ4n) is 3.77. The number of hydrogen-bond donors (Lipinski definition) is 2. The number of carbonyl (C=O) groups is 2. The van der Waals surface area contributed by atoms with Gasteiger partial charge in [-0.1, -0.05) is 34.8 Å². The zero-order chi connectivity index (χ0) is 26.4. The Morgan fingerprint density at radius 3 is 2.25 bits per heavy atom. The Morgan fingerprint density at radius 1 is 0.944 bits per heavy atom. The summed E-state index contributed by atoms with van der Waals surface area (Å²) in [5.41, 5.74) is -0.167. The van der Waals surface area contributed by atoms with Gasteiger partial charge in [0.2, 0.25) is 5.91 Å². The summed E-state index contributed by atoms with van der Waals surface area (Å²) in [5, 5.41) is 16.9. The molecule has 13 heteroatoms. The number of nitrogens with one attached hydrogen (secondary N) is 2. The quantitative estimate of drug-likeness (QED) is 0.176. The summed E-state index contributed by atoms with van der Waals surface area (Å²) in [6.45, 7) is 0. The van der Waals surface area contributed by atoms with Crippen LogP contribution >= 0.6 is 58.0 Å². The van der Waals surface area contributed by atoms with E-state index >= 15 is 0 Å². The van der Waals surface area contributed by atoms with Crippen molar-refractivity contribution in [1.29, 1.82) is 0 Å². The number of benzene rings is 3. The van der Waals surface area contributed by atoms with Crippen LogP contribution in [0.1, 0.15) is 21.8 Å². The minimum atomic E-state index is -1.41. The maximum absolute atomic E-state index is 13.4. The second kappa shape index (κ2) is 10.0. The maximum atomic E-state index is 13.4. The molecule has 0 aliphatic heterocycles. The van der Waals surface area contributed by atoms with Crippen molar-refractivity contribution in [3.05, 3.63) is 96.7 Å². The van der Waals surface area contributed by atoms with Crippen molar-refractivity contribution >= 4 is 86.9 Å². The van der Waals surface area contributed by atoms with Gasteiger partial charge in [0.15, 0.2) is 0 Å². The number of nitrogens with zero attached hydrogens (tertiary/aromatic N) is 1. The van der Waals surface area contributed by atoms with Gasteiger partial charge < -0.3 is 10.6 Å². The van der Waals surface area contributed by atoms with Gasteiger partial charge in [-0.25, -0.2) is 4.39 Å². The molecule has 0 saturated heterocycles. The Labute approximate surface area is 228 Å². The molecule has 0 radical (unpaired) electrons. The average Bonchev–Trinajstić information content (AvgIpc) is 3.37. The van der Waals surface area contributed by atoms with Gasteiger partial charge in [0.1, 0.15) is 15.8 Å². The van der Waals surface area contributed by atoms with Crippen molar-refractivity contribution in [3.8, 4) is 0 Å². The van der Waals surface area contributed by atoms with Gasteiger partial charge in [-0.15, -0.1) is 23.2 Å². The molecular weight excluding hydrogens is 579 g/mol. The van der Waals surface area contributed by atoms with E-state index in [1.54, 1.807) is 12.1 Å². The largest absolute Gasteiger partial charge is 0.326 e. The molecule has 3 aromatic carbocycles. The van der Waals surface area contributed by atoms with E-state index in [0.717, 1.165) is 12.1 Å². The Hall–Kier alpha value is -2.62. The molecule has 0 bridgehead atoms. The molecule has 2 N–H and O–H groups in total. The number of nitro benzene ring substituents is 1. The van der Waals surface area contributed by atoms with E-state index in [2.05, 4.69) is 10.6 Å². The fourth-order valence-corrected chi connectivity index (χ4v) is 5.35. The molecule has 4 rings (SSSR count). The molecule has 0 aromatic heterocycles. The molecular formula is C23H13Cl5FN3O4. The highest BCUT2D eigenvalue weighted by molar-refractivity contribution is 6.53. The van der Waals surface area contributed by atoms with Crippen molar-refractivity contribution < 1.29 is 18.9 Å². The molecule has 0 spiro atoms. The lowest BCUT2D eigenvalue weighted by molar-refractivity contribution is -0.384. The van der Waals surface area contributed by atoms with Crippen molar-refractivity contribution in [2.24, 2.45) is 5.92 Å². The second-order valence-corrected chi connectivity index (χ2v) is 10.6. The first-order chi connectivity index (χ1) is 16.9. The van der Waals surface area contributed by atoms with Crippen LogP contribution in [0.3, 0.4) is 0 Å². The van der Waals surface area contributed by atoms with Gasteiger partial charge in [-0.3, -0.25) is 19.7 Å². The van der Waals surface area contributed by atoms with Gasteiger partial charge in [0.25, 0.3) is 11.6 Å². The van der Waals surface area contributed by atoms with E-state index in [1.165, 1.54) is 24.3 Å². The Kier molecular flexibility index (Phi) is 7.37. The third-order valence-corrected chi connectivity index (χ3v) is 7.17. The molecule has 3 aromatic rings. The molecule has 186 valence electrons. The fraction of sp³-hybridized carbons (Fsp3) is 0.130. The number of nitro groups is 1. The van der Waals surface area contributed by atoms with Crippen LogP contribution in [-0.4, -0.2) is 21.1 Å². The molecule has 2 amide bonds. The molecule has 1 saturated carbocycles. The van der Waals surface area contributed by atoms with Gasteiger partial charge >= 0.3 is 0 Å². The summed E-state index contributed by atoms with van der Waals surface area (Å²) in [5.74, 6) is -3.59. The van der Waals surface area contributed by atoms with Crippen molar-refractivity contribution in [3.63, 3.8) is 0 Å². The highest BCUT2D eigenvalue weighted by Gasteiger charge is 2.67. The summed E-state index contributed by atoms with van der Waals surface area (Å²) in [6.07, 6.45) is 0. The molecule has 0 heterocycles. The lowest BCUT2D eigenvalue weighted by Gasteiger charge is -2.11. The zero-order valence-electron chi connectivity index (χ0n) is 17.7. The monoisotopic (exact) mass is 589 g/mol. The first-order valence-corrected chi connectivity index (χ1v) is 12.0. The maximum Gasteiger partial charge on any atom is 0.295 e. The van der Waals surface area contributed by atoms with E-state index in [9.17, 15) is 24.1 Å². The minimum absolute atomic E-state index is 0.0113. The number of alkyl halides is 2. The van der Waals surface area contributed by atoms with Crippen LogP contribution in [0.25, 0.3) is 0 Å². The summed E-state index contributed by atoms with van der Waals surface area (Å²) >= 11 is 31.0. The van der Waals surface area contributed by atoms with Crippen molar-refractivity contribution in [2.45, 2.75) is 10.3 Å². The van der Waals surface area contributed by atoms with Crippen molar-refractivity contribution in [2.75, 3.05) is 10.6 Å². The number of rotatable bonds is 6. The predicted molar refractivity (Wildman–Crippen MR) is 138 cm³/mol. The highest BCUT2D eigenvalue weighted by atomic mass is 35.5. The Balaban J connectivity index is 1.53. The smallest absolute Gasteiger partial charge is 0.295 e. The summed E-state index contributed by atoms with van der Waals surface area (Å²) in [4.78, 5) is 36.1. The lowest BCUT2D eigenvalue weighted by Crippen LogP contribution is -2.18. The first kappa shape index (κ1) is 26.4. The van der Waals surface area contributed by atoms with Crippen molar-refractivity contribution in [1.82, 2.24) is 0 Å². The Bertz CT molecular complexity index is 1400. The van der Waals surface area contributed by atoms with Crippen LogP contribution in [0.2, 0.25) is 15.1 Å². The predicted octanol–water partition coefficient (Wildman–Crippen LogP) is 7.47. The average molecular weight is 592 g/mol. The number of anilines is 2. The minimum Gasteiger partial charge on any atom is -0.326 e. The van der Waals surface area contributed by atoms with Gasteiger partial charge in [0.05, 0.1) is 27.5 Å². The number of hydrogen-bond acceptors (Lipinski definition) is 4. The second-order valence-electron chi connectivity index (χ2n) is 7.89. The van der Waals surface area contributed by atoms with E-state index in [1.807, 2.05) is 0 Å². The van der Waals surface area contributed by atoms with Crippen LogP contribution in [0.15, 0.2) is 54.6 Å². The topological polar surface area (TPSA) is 101 Å². The van der Waals surface area contributed by atoms with Crippen LogP contribution in [0, 0.1) is 21.8 Å². The molecule has 1 aliphatic rings. The van der Waals surface area contributed by atoms with Crippen LogP contribution in [-0.2, 0) is 4.79 Å². The SMILES string of the molecule is O=C(Nc1ccc(F)cc1[N+](=O)[O-])c1cc(NC(=O)C2C(c3cc(Cl)cc(Cl)c3)C2(Cl)Cl)ccc1Cl. The normalized spacial score (nSPS) is 17.8. The third kappa shape index (κ3) is 5.38. The standard InChI is InChI=1S/C23H13Cl5FN3O4/c24-11-5-10(6-12(25)7-11)19-20(23(19,27)28)22(34)30-14-2-3-16(26)15(9-14)21(33)31-17-4-1-13(29)8-18(17)32(35)36/h1-9,19-20H,(H,30,34)(H,31,33). The highest BCUT2D eigenvalue weighted by Crippen LogP contribution is 2.65. The van der Waals surface area contributed by atoms with Crippen LogP contribution in [0.5, 0.6) is 0 Å². The lowest BCUT2D eigenvalue weighted by atomic mass is 10.1. The van der Waals surface area contributed by atoms with E-state index in [-0.39, 0.29) is 22.0 Å². The van der Waals surface area contributed by atoms with Gasteiger partial charge in [-0.05, 0) is 54.1 Å². The molecule has 7 nitrogen and oxygen atoms in total. The first-order valence-electron chi connectivity index (χ1n) is 10.1. The number of amides is 2. The molecule has 1 fully saturated rings. The Morgan fingerprint density at radius 2 is 1.61 bits per heavy atom. The molecule has 36 heavy (non-hydrogen) atoms. The zero-order valence-corrected chi connectivity index (χ0v) is 21.5. The van der Waals surface area contributed by atoms with Crippen LogP contribution in [0.4, 0.5) is 21.5 Å². The third-order valence-electron chi connectivity index (χ3n) is 5.46. The number of carbonyl (C=O) groups excluding carboxylic acids is 2. The van der Waals surface area contributed by atoms with E-state index in [0.29, 0.717) is 21.7 Å². The molecule has 2 atom stereocenters. The molecule has 2 unspecified atom stereocenters. The number of halogens is 6. The van der Waals surface area contributed by atoms with E-state index < -0.39 is 44.4 Å². The summed E-state index contributed by atoms with van der Waals surface area (Å²) in [7, 11) is 0. The van der Waals surface area contributed by atoms with Gasteiger partial charge in [-0.2, -0.15) is 0 Å².